The molecule has 0 bridgehead atoms. The highest BCUT2D eigenvalue weighted by molar-refractivity contribution is 9.10. The molecule has 1 amide bonds. The van der Waals surface area contributed by atoms with Crippen LogP contribution in [0.4, 0.5) is 10.1 Å². The summed E-state index contributed by atoms with van der Waals surface area (Å²) < 4.78 is 39.8. The summed E-state index contributed by atoms with van der Waals surface area (Å²) in [6, 6.07) is 0.844. The normalized spacial score (nSPS) is 13.4. The van der Waals surface area contributed by atoms with E-state index in [9.17, 15) is 17.6 Å². The molecule has 0 heterocycles. The molecule has 9 heteroatoms. The van der Waals surface area contributed by atoms with Crippen molar-refractivity contribution in [3.05, 3.63) is 22.4 Å². The molecule has 112 valence electrons. The van der Waals surface area contributed by atoms with Crippen LogP contribution in [0.5, 0.6) is 0 Å². The van der Waals surface area contributed by atoms with Crippen LogP contribution in [0, 0.1) is 11.7 Å². The lowest BCUT2D eigenvalue weighted by Gasteiger charge is -2.19. The first-order valence-corrected chi connectivity index (χ1v) is 7.90. The fourth-order valence-electron chi connectivity index (χ4n) is 1.50. The Morgan fingerprint density at radius 1 is 1.40 bits per heavy atom. The Kier molecular flexibility index (Phi) is 5.11. The van der Waals surface area contributed by atoms with E-state index in [0.717, 1.165) is 12.1 Å². The number of halogens is 2. The Morgan fingerprint density at radius 2 is 1.95 bits per heavy atom. The number of anilines is 1. The van der Waals surface area contributed by atoms with Gasteiger partial charge in [0.15, 0.2) is 0 Å². The summed E-state index contributed by atoms with van der Waals surface area (Å²) in [6.07, 6.45) is 0. The second-order valence-electron chi connectivity index (χ2n) is 4.55. The highest BCUT2D eigenvalue weighted by atomic mass is 79.9. The Bertz CT molecular complexity index is 634. The maximum atomic E-state index is 13.2. The summed E-state index contributed by atoms with van der Waals surface area (Å²) in [5, 5.41) is 0. The number of rotatable bonds is 5. The summed E-state index contributed by atoms with van der Waals surface area (Å²) in [6.45, 7) is 3.29. The van der Waals surface area contributed by atoms with Gasteiger partial charge in [-0.1, -0.05) is 13.8 Å². The number of nitrogens with two attached hydrogens (primary N) is 2. The van der Waals surface area contributed by atoms with Crippen molar-refractivity contribution in [1.82, 2.24) is 4.72 Å². The standard InChI is InChI=1S/C11H15BrFN3O3S/c1-5(2)10(11(15)17)16-20(18,19)9-4-8(14)7(13)3-6(9)12/h3-5,10,16H,14H2,1-2H3,(H2,15,17). The predicted octanol–water partition coefficient (Wildman–Crippen LogP) is 0.959. The van der Waals surface area contributed by atoms with Gasteiger partial charge in [0.25, 0.3) is 0 Å². The van der Waals surface area contributed by atoms with Gasteiger partial charge in [-0.2, -0.15) is 4.72 Å². The molecule has 0 saturated carbocycles. The van der Waals surface area contributed by atoms with Crippen molar-refractivity contribution < 1.29 is 17.6 Å². The molecular formula is C11H15BrFN3O3S. The Balaban J connectivity index is 3.24. The van der Waals surface area contributed by atoms with Crippen LogP contribution in [0.1, 0.15) is 13.8 Å². The fourth-order valence-corrected chi connectivity index (χ4v) is 3.91. The molecule has 1 unspecified atom stereocenters. The van der Waals surface area contributed by atoms with Gasteiger partial charge >= 0.3 is 0 Å². The smallest absolute Gasteiger partial charge is 0.242 e. The van der Waals surface area contributed by atoms with Crippen molar-refractivity contribution >= 4 is 37.5 Å². The van der Waals surface area contributed by atoms with Gasteiger partial charge < -0.3 is 11.5 Å². The first kappa shape index (κ1) is 16.9. The third kappa shape index (κ3) is 3.68. The third-order valence-corrected chi connectivity index (χ3v) is 5.00. The molecule has 0 radical (unpaired) electrons. The summed E-state index contributed by atoms with van der Waals surface area (Å²) >= 11 is 2.95. The average molecular weight is 368 g/mol. The molecule has 1 atom stereocenters. The van der Waals surface area contributed by atoms with Crippen molar-refractivity contribution in [3.8, 4) is 0 Å². The largest absolute Gasteiger partial charge is 0.396 e. The minimum absolute atomic E-state index is 0.00340. The first-order chi connectivity index (χ1) is 9.06. The number of carbonyl (C=O) groups excluding carboxylic acids is 1. The molecule has 0 aliphatic carbocycles. The van der Waals surface area contributed by atoms with E-state index in [2.05, 4.69) is 20.7 Å². The molecule has 1 aromatic rings. The highest BCUT2D eigenvalue weighted by Crippen LogP contribution is 2.27. The highest BCUT2D eigenvalue weighted by Gasteiger charge is 2.28. The number of amides is 1. The minimum Gasteiger partial charge on any atom is -0.396 e. The SMILES string of the molecule is CC(C)C(NS(=O)(=O)c1cc(N)c(F)cc1Br)C(N)=O. The number of hydrogen-bond acceptors (Lipinski definition) is 4. The van der Waals surface area contributed by atoms with Crippen molar-refractivity contribution in [2.45, 2.75) is 24.8 Å². The van der Waals surface area contributed by atoms with Crippen molar-refractivity contribution in [2.24, 2.45) is 11.7 Å². The monoisotopic (exact) mass is 367 g/mol. The molecule has 0 aromatic heterocycles. The van der Waals surface area contributed by atoms with Crippen LogP contribution >= 0.6 is 15.9 Å². The van der Waals surface area contributed by atoms with Crippen LogP contribution in [0.2, 0.25) is 0 Å². The second-order valence-corrected chi connectivity index (χ2v) is 7.09. The molecule has 1 aromatic carbocycles. The summed E-state index contributed by atoms with van der Waals surface area (Å²) in [7, 11) is -4.06. The van der Waals surface area contributed by atoms with Crippen LogP contribution in [0.15, 0.2) is 21.5 Å². The van der Waals surface area contributed by atoms with Crippen LogP contribution < -0.4 is 16.2 Å². The summed E-state index contributed by atoms with van der Waals surface area (Å²) in [5.74, 6) is -1.88. The predicted molar refractivity (Wildman–Crippen MR) is 76.7 cm³/mol. The van der Waals surface area contributed by atoms with E-state index in [4.69, 9.17) is 11.5 Å². The lowest BCUT2D eigenvalue weighted by molar-refractivity contribution is -0.120. The molecule has 0 saturated heterocycles. The quantitative estimate of drug-likeness (QED) is 0.672. The van der Waals surface area contributed by atoms with E-state index < -0.39 is 27.8 Å². The van der Waals surface area contributed by atoms with Crippen LogP contribution in [-0.4, -0.2) is 20.4 Å². The van der Waals surface area contributed by atoms with Gasteiger partial charge in [-0.25, -0.2) is 12.8 Å². The zero-order valence-corrected chi connectivity index (χ0v) is 13.3. The molecule has 5 N–H and O–H groups in total. The Morgan fingerprint density at radius 3 is 2.40 bits per heavy atom. The molecule has 6 nitrogen and oxygen atoms in total. The molecule has 0 aliphatic rings. The average Bonchev–Trinajstić information content (AvgIpc) is 2.30. The van der Waals surface area contributed by atoms with Crippen molar-refractivity contribution in [2.75, 3.05) is 5.73 Å². The molecule has 20 heavy (non-hydrogen) atoms. The summed E-state index contributed by atoms with van der Waals surface area (Å²) in [5.41, 5.74) is 10.2. The Labute approximate surface area is 124 Å². The molecule has 0 aliphatic heterocycles. The maximum absolute atomic E-state index is 13.2. The van der Waals surface area contributed by atoms with E-state index in [-0.39, 0.29) is 21.0 Å². The number of sulfonamides is 1. The van der Waals surface area contributed by atoms with Gasteiger partial charge in [0.2, 0.25) is 15.9 Å². The number of hydrogen-bond donors (Lipinski definition) is 3. The van der Waals surface area contributed by atoms with Crippen LogP contribution in [0.3, 0.4) is 0 Å². The fraction of sp³-hybridized carbons (Fsp3) is 0.364. The topological polar surface area (TPSA) is 115 Å². The van der Waals surface area contributed by atoms with Crippen molar-refractivity contribution in [3.63, 3.8) is 0 Å². The van der Waals surface area contributed by atoms with E-state index in [0.29, 0.717) is 0 Å². The van der Waals surface area contributed by atoms with Gasteiger partial charge in [0.05, 0.1) is 10.6 Å². The van der Waals surface area contributed by atoms with Crippen LogP contribution in [-0.2, 0) is 14.8 Å². The van der Waals surface area contributed by atoms with Gasteiger partial charge in [-0.05, 0) is 34.0 Å². The first-order valence-electron chi connectivity index (χ1n) is 5.62. The maximum Gasteiger partial charge on any atom is 0.242 e. The minimum atomic E-state index is -4.06. The molecule has 0 fully saturated rings. The number of nitrogens with one attached hydrogen (secondary N) is 1. The van der Waals surface area contributed by atoms with Crippen molar-refractivity contribution in [1.29, 1.82) is 0 Å². The lowest BCUT2D eigenvalue weighted by atomic mass is 10.1. The molecule has 0 spiro atoms. The number of nitrogen functional groups attached to an aromatic ring is 1. The number of primary amides is 1. The van der Waals surface area contributed by atoms with Gasteiger partial charge in [-0.15, -0.1) is 0 Å². The third-order valence-electron chi connectivity index (χ3n) is 2.60. The van der Waals surface area contributed by atoms with Gasteiger partial charge in [0, 0.05) is 4.47 Å². The van der Waals surface area contributed by atoms with E-state index in [1.807, 2.05) is 0 Å². The van der Waals surface area contributed by atoms with E-state index in [1.54, 1.807) is 13.8 Å². The van der Waals surface area contributed by atoms with Gasteiger partial charge in [-0.3, -0.25) is 4.79 Å². The summed E-state index contributed by atoms with van der Waals surface area (Å²) in [4.78, 5) is 11.0. The van der Waals surface area contributed by atoms with Crippen LogP contribution in [0.25, 0.3) is 0 Å². The second kappa shape index (κ2) is 6.06. The zero-order valence-electron chi connectivity index (χ0n) is 10.9. The van der Waals surface area contributed by atoms with Gasteiger partial charge in [0.1, 0.15) is 11.9 Å². The molecule has 1 rings (SSSR count). The number of carbonyl (C=O) groups is 1. The number of benzene rings is 1. The molecular weight excluding hydrogens is 353 g/mol. The van der Waals surface area contributed by atoms with E-state index >= 15 is 0 Å². The zero-order chi connectivity index (χ0) is 15.7. The Hall–Kier alpha value is -1.19. The van der Waals surface area contributed by atoms with E-state index in [1.165, 1.54) is 0 Å². The lowest BCUT2D eigenvalue weighted by Crippen LogP contribution is -2.47.